The minimum atomic E-state index is -1.22. The molecule has 372 valence electrons. The van der Waals surface area contributed by atoms with Crippen LogP contribution < -0.4 is 0 Å². The first-order chi connectivity index (χ1) is 31.2. The van der Waals surface area contributed by atoms with E-state index in [0.29, 0.717) is 6.42 Å². The molecule has 0 radical (unpaired) electrons. The molecule has 9 nitrogen and oxygen atoms in total. The Morgan fingerprint density at radius 3 is 0.844 bits per heavy atom. The van der Waals surface area contributed by atoms with Crippen LogP contribution in [0.4, 0.5) is 0 Å². The van der Waals surface area contributed by atoms with Gasteiger partial charge in [-0.05, 0) is 111 Å². The fraction of sp³-hybridized carbons (Fsp3) is 0.818. The zero-order valence-electron chi connectivity index (χ0n) is 42.3. The fourth-order valence-corrected chi connectivity index (χ4v) is 7.21. The standard InChI is InChI=1S/C55H99NO8/c1-6-9-12-15-18-21-24-27-30-33-37-42-51(57)61-47-55(50-64-54(60)45-40-36-41-46-56(4)5,48-62-52(58)43-38-34-31-28-25-22-19-16-13-10-7-2)49-63-53(59)44-39-35-32-29-26-23-20-17-14-11-8-3/h15-20H,6-14,21-50H2,1-5H3/b18-15-,19-16-,20-17-. The fourth-order valence-electron chi connectivity index (χ4n) is 7.21. The van der Waals surface area contributed by atoms with Crippen molar-refractivity contribution >= 4 is 23.9 Å². The Hall–Kier alpha value is -2.94. The molecule has 0 spiro atoms. The Kier molecular flexibility index (Phi) is 44.4. The van der Waals surface area contributed by atoms with Gasteiger partial charge in [-0.15, -0.1) is 0 Å². The normalized spacial score (nSPS) is 12.0. The van der Waals surface area contributed by atoms with Crippen molar-refractivity contribution in [2.24, 2.45) is 5.41 Å². The summed E-state index contributed by atoms with van der Waals surface area (Å²) in [5.41, 5.74) is -1.22. The molecule has 0 N–H and O–H groups in total. The number of carbonyl (C=O) groups excluding carboxylic acids is 4. The Bertz CT molecular complexity index is 1080. The summed E-state index contributed by atoms with van der Waals surface area (Å²) in [6, 6.07) is 0. The average Bonchev–Trinajstić information content (AvgIpc) is 3.28. The zero-order valence-corrected chi connectivity index (χ0v) is 42.3. The summed E-state index contributed by atoms with van der Waals surface area (Å²) in [4.78, 5) is 54.5. The minimum absolute atomic E-state index is 0.188. The van der Waals surface area contributed by atoms with Gasteiger partial charge in [-0.25, -0.2) is 0 Å². The van der Waals surface area contributed by atoms with Crippen LogP contribution in [-0.2, 0) is 38.1 Å². The van der Waals surface area contributed by atoms with Gasteiger partial charge >= 0.3 is 23.9 Å². The third-order valence-corrected chi connectivity index (χ3v) is 11.6. The van der Waals surface area contributed by atoms with Crippen LogP contribution in [0.15, 0.2) is 36.5 Å². The lowest BCUT2D eigenvalue weighted by atomic mass is 9.92. The van der Waals surface area contributed by atoms with Crippen LogP contribution in [0.5, 0.6) is 0 Å². The summed E-state index contributed by atoms with van der Waals surface area (Å²) >= 11 is 0. The molecule has 0 heterocycles. The highest BCUT2D eigenvalue weighted by Gasteiger charge is 2.38. The Morgan fingerprint density at radius 2 is 0.578 bits per heavy atom. The maximum Gasteiger partial charge on any atom is 0.305 e. The molecular formula is C55H99NO8. The summed E-state index contributed by atoms with van der Waals surface area (Å²) in [6.45, 7) is 6.82. The molecule has 0 saturated heterocycles. The third kappa shape index (κ3) is 43.0. The molecule has 9 heteroatoms. The van der Waals surface area contributed by atoms with Crippen LogP contribution in [0.2, 0.25) is 0 Å². The smallest absolute Gasteiger partial charge is 0.305 e. The van der Waals surface area contributed by atoms with Gasteiger partial charge in [-0.2, -0.15) is 0 Å². The van der Waals surface area contributed by atoms with E-state index in [2.05, 4.69) is 62.1 Å². The molecule has 0 rings (SSSR count). The monoisotopic (exact) mass is 902 g/mol. The molecule has 0 aromatic rings. The highest BCUT2D eigenvalue weighted by molar-refractivity contribution is 5.71. The van der Waals surface area contributed by atoms with Crippen molar-refractivity contribution in [3.05, 3.63) is 36.5 Å². The van der Waals surface area contributed by atoms with Crippen LogP contribution in [0.1, 0.15) is 239 Å². The summed E-state index contributed by atoms with van der Waals surface area (Å²) < 4.78 is 23.3. The maximum absolute atomic E-state index is 13.1. The molecule has 64 heavy (non-hydrogen) atoms. The first-order valence-electron chi connectivity index (χ1n) is 26.4. The zero-order chi connectivity index (χ0) is 47.0. The van der Waals surface area contributed by atoms with Gasteiger partial charge in [0.2, 0.25) is 0 Å². The molecule has 0 amide bonds. The van der Waals surface area contributed by atoms with Crippen molar-refractivity contribution in [2.45, 2.75) is 239 Å². The summed E-state index contributed by atoms with van der Waals surface area (Å²) in [5, 5.41) is 0. The number of esters is 4. The molecule has 0 aromatic heterocycles. The van der Waals surface area contributed by atoms with Crippen LogP contribution in [0.25, 0.3) is 0 Å². The molecule has 0 aromatic carbocycles. The van der Waals surface area contributed by atoms with Gasteiger partial charge in [0.25, 0.3) is 0 Å². The number of allylic oxidation sites excluding steroid dienone is 6. The second-order valence-corrected chi connectivity index (χ2v) is 18.5. The number of rotatable bonds is 47. The maximum atomic E-state index is 13.1. The van der Waals surface area contributed by atoms with Crippen molar-refractivity contribution in [3.8, 4) is 0 Å². The minimum Gasteiger partial charge on any atom is -0.465 e. The molecule has 0 saturated carbocycles. The van der Waals surface area contributed by atoms with Crippen molar-refractivity contribution < 1.29 is 38.1 Å². The van der Waals surface area contributed by atoms with Gasteiger partial charge < -0.3 is 23.8 Å². The SMILES string of the molecule is CCCC/C=C\CCCCCCCC(=O)OCC(COC(=O)CCCCCCC/C=C\CCCC)(COC(=O)CCCCCCC/C=C\CCCC)COC(=O)CCCCCN(C)C. The lowest BCUT2D eigenvalue weighted by Gasteiger charge is -2.31. The molecule has 0 aliphatic carbocycles. The van der Waals surface area contributed by atoms with Crippen LogP contribution in [-0.4, -0.2) is 75.8 Å². The van der Waals surface area contributed by atoms with Crippen molar-refractivity contribution in [1.29, 1.82) is 0 Å². The first-order valence-corrected chi connectivity index (χ1v) is 26.4. The van der Waals surface area contributed by atoms with Crippen LogP contribution in [0, 0.1) is 5.41 Å². The quantitative estimate of drug-likeness (QED) is 0.0255. The van der Waals surface area contributed by atoms with Gasteiger partial charge in [0.15, 0.2) is 0 Å². The topological polar surface area (TPSA) is 108 Å². The highest BCUT2D eigenvalue weighted by atomic mass is 16.6. The Morgan fingerprint density at radius 1 is 0.344 bits per heavy atom. The number of nitrogens with zero attached hydrogens (tertiary/aromatic N) is 1. The molecule has 0 aliphatic heterocycles. The van der Waals surface area contributed by atoms with Crippen LogP contribution in [0.3, 0.4) is 0 Å². The summed E-state index contributed by atoms with van der Waals surface area (Å²) in [6.07, 6.45) is 46.4. The number of hydrogen-bond acceptors (Lipinski definition) is 9. The molecular weight excluding hydrogens is 803 g/mol. The molecule has 0 bridgehead atoms. The van der Waals surface area contributed by atoms with E-state index in [-0.39, 0.29) is 76.0 Å². The van der Waals surface area contributed by atoms with Gasteiger partial charge in [0.1, 0.15) is 31.8 Å². The van der Waals surface area contributed by atoms with Crippen LogP contribution >= 0.6 is 0 Å². The second-order valence-electron chi connectivity index (χ2n) is 18.5. The van der Waals surface area contributed by atoms with E-state index in [9.17, 15) is 19.2 Å². The molecule has 0 fully saturated rings. The molecule has 0 unspecified atom stereocenters. The Balaban J connectivity index is 5.46. The van der Waals surface area contributed by atoms with E-state index in [1.165, 1.54) is 38.5 Å². The van der Waals surface area contributed by atoms with E-state index in [1.807, 2.05) is 14.1 Å². The third-order valence-electron chi connectivity index (χ3n) is 11.6. The first kappa shape index (κ1) is 61.1. The van der Waals surface area contributed by atoms with Crippen molar-refractivity contribution in [3.63, 3.8) is 0 Å². The van der Waals surface area contributed by atoms with Gasteiger partial charge in [-0.1, -0.05) is 160 Å². The van der Waals surface area contributed by atoms with E-state index in [1.54, 1.807) is 0 Å². The number of hydrogen-bond donors (Lipinski definition) is 0. The highest BCUT2D eigenvalue weighted by Crippen LogP contribution is 2.24. The number of carbonyl (C=O) groups is 4. The van der Waals surface area contributed by atoms with Gasteiger partial charge in [-0.3, -0.25) is 19.2 Å². The number of ether oxygens (including phenoxy) is 4. The predicted molar refractivity (Wildman–Crippen MR) is 266 cm³/mol. The molecule has 0 aliphatic rings. The van der Waals surface area contributed by atoms with E-state index < -0.39 is 5.41 Å². The Labute approximate surface area is 393 Å². The van der Waals surface area contributed by atoms with E-state index in [4.69, 9.17) is 18.9 Å². The van der Waals surface area contributed by atoms with Crippen molar-refractivity contribution in [2.75, 3.05) is 47.1 Å². The van der Waals surface area contributed by atoms with Crippen molar-refractivity contribution in [1.82, 2.24) is 4.90 Å². The van der Waals surface area contributed by atoms with Gasteiger partial charge in [0.05, 0.1) is 0 Å². The second kappa shape index (κ2) is 46.6. The number of unbranched alkanes of at least 4 members (excludes halogenated alkanes) is 23. The van der Waals surface area contributed by atoms with E-state index >= 15 is 0 Å². The summed E-state index contributed by atoms with van der Waals surface area (Å²) in [7, 11) is 4.06. The summed E-state index contributed by atoms with van der Waals surface area (Å²) in [5.74, 6) is -1.45. The average molecular weight is 902 g/mol. The largest absolute Gasteiger partial charge is 0.465 e. The van der Waals surface area contributed by atoms with Gasteiger partial charge in [0, 0.05) is 25.7 Å². The lowest BCUT2D eigenvalue weighted by Crippen LogP contribution is -2.44. The lowest BCUT2D eigenvalue weighted by molar-refractivity contribution is -0.170. The molecule has 0 atom stereocenters. The van der Waals surface area contributed by atoms with E-state index in [0.717, 1.165) is 154 Å². The predicted octanol–water partition coefficient (Wildman–Crippen LogP) is 14.7.